The van der Waals surface area contributed by atoms with Crippen molar-refractivity contribution in [2.75, 3.05) is 0 Å². The summed E-state index contributed by atoms with van der Waals surface area (Å²) in [7, 11) is 0. The molecule has 27 heavy (non-hydrogen) atoms. The van der Waals surface area contributed by atoms with Crippen molar-refractivity contribution in [2.24, 2.45) is 16.1 Å². The largest absolute Gasteiger partial charge is 0.508 e. The van der Waals surface area contributed by atoms with Crippen LogP contribution in [0.25, 0.3) is 0 Å². The van der Waals surface area contributed by atoms with Crippen LogP contribution in [0.2, 0.25) is 0 Å². The number of hydrogen-bond acceptors (Lipinski definition) is 6. The molecule has 0 fully saturated rings. The van der Waals surface area contributed by atoms with Gasteiger partial charge in [-0.1, -0.05) is 31.2 Å². The molecule has 4 N–H and O–H groups in total. The second kappa shape index (κ2) is 9.71. The van der Waals surface area contributed by atoms with Crippen LogP contribution in [-0.4, -0.2) is 34.5 Å². The molecule has 0 aliphatic heterocycles. The van der Waals surface area contributed by atoms with Crippen molar-refractivity contribution < 1.29 is 19.8 Å². The maximum Gasteiger partial charge on any atom is 0.252 e. The number of carbonyl (C=O) groups excluding carboxylic acids is 2. The van der Waals surface area contributed by atoms with Crippen molar-refractivity contribution in [3.8, 4) is 11.5 Å². The van der Waals surface area contributed by atoms with Gasteiger partial charge >= 0.3 is 0 Å². The molecule has 0 saturated carbocycles. The van der Waals surface area contributed by atoms with Gasteiger partial charge in [0.25, 0.3) is 11.8 Å². The lowest BCUT2D eigenvalue weighted by Gasteiger charge is -2.10. The summed E-state index contributed by atoms with van der Waals surface area (Å²) in [5.41, 5.74) is 5.80. The molecule has 2 amide bonds. The predicted octanol–water partition coefficient (Wildman–Crippen LogP) is 1.72. The Bertz CT molecular complexity index is 795. The number of amides is 2. The Labute approximate surface area is 156 Å². The molecule has 2 aromatic rings. The van der Waals surface area contributed by atoms with E-state index in [2.05, 4.69) is 21.1 Å². The first kappa shape index (κ1) is 19.6. The average Bonchev–Trinajstić information content (AvgIpc) is 2.62. The van der Waals surface area contributed by atoms with Crippen LogP contribution in [0, 0.1) is 5.92 Å². The number of nitrogens with zero attached hydrogens (tertiary/aromatic N) is 2. The number of phenolic OH excluding ortho intramolecular Hbond substituents is 2. The maximum absolute atomic E-state index is 12.1. The van der Waals surface area contributed by atoms with E-state index in [9.17, 15) is 19.8 Å². The molecule has 0 radical (unpaired) electrons. The SMILES string of the molecule is CCC(C(=O)N/N=C\c1cccc(O)c1)C(=O)N/N=C\c1cccc(O)c1. The molecule has 0 atom stereocenters. The Morgan fingerprint density at radius 2 is 1.37 bits per heavy atom. The lowest BCUT2D eigenvalue weighted by molar-refractivity contribution is -0.135. The monoisotopic (exact) mass is 368 g/mol. The van der Waals surface area contributed by atoms with E-state index in [4.69, 9.17) is 0 Å². The van der Waals surface area contributed by atoms with E-state index in [1.54, 1.807) is 31.2 Å². The lowest BCUT2D eigenvalue weighted by Crippen LogP contribution is -2.37. The fourth-order valence-corrected chi connectivity index (χ4v) is 2.20. The van der Waals surface area contributed by atoms with Gasteiger partial charge in [-0.15, -0.1) is 0 Å². The smallest absolute Gasteiger partial charge is 0.252 e. The minimum atomic E-state index is -0.965. The maximum atomic E-state index is 12.1. The van der Waals surface area contributed by atoms with Crippen LogP contribution in [0.1, 0.15) is 24.5 Å². The van der Waals surface area contributed by atoms with E-state index in [1.807, 2.05) is 0 Å². The summed E-state index contributed by atoms with van der Waals surface area (Å²) in [6.07, 6.45) is 2.99. The molecular weight excluding hydrogens is 348 g/mol. The number of hydrazone groups is 2. The molecule has 8 heteroatoms. The number of benzene rings is 2. The lowest BCUT2D eigenvalue weighted by atomic mass is 10.1. The molecule has 0 heterocycles. The molecule has 0 aromatic heterocycles. The molecule has 8 nitrogen and oxygen atoms in total. The van der Waals surface area contributed by atoms with Gasteiger partial charge in [0.15, 0.2) is 0 Å². The van der Waals surface area contributed by atoms with E-state index in [-0.39, 0.29) is 17.9 Å². The Balaban J connectivity index is 1.90. The Morgan fingerprint density at radius 1 is 0.926 bits per heavy atom. The van der Waals surface area contributed by atoms with E-state index >= 15 is 0 Å². The van der Waals surface area contributed by atoms with Crippen molar-refractivity contribution in [3.63, 3.8) is 0 Å². The van der Waals surface area contributed by atoms with Gasteiger partial charge in [0.05, 0.1) is 12.4 Å². The highest BCUT2D eigenvalue weighted by Crippen LogP contribution is 2.10. The molecule has 140 valence electrons. The second-order valence-electron chi connectivity index (χ2n) is 5.62. The summed E-state index contributed by atoms with van der Waals surface area (Å²) in [6, 6.07) is 12.7. The third-order valence-electron chi connectivity index (χ3n) is 3.56. The molecule has 2 rings (SSSR count). The number of rotatable bonds is 7. The van der Waals surface area contributed by atoms with Crippen molar-refractivity contribution in [2.45, 2.75) is 13.3 Å². The van der Waals surface area contributed by atoms with Gasteiger partial charge in [-0.2, -0.15) is 10.2 Å². The van der Waals surface area contributed by atoms with E-state index < -0.39 is 17.7 Å². The topological polar surface area (TPSA) is 123 Å². The quantitative estimate of drug-likeness (QED) is 0.337. The third kappa shape index (κ3) is 6.28. The molecule has 0 spiro atoms. The minimum absolute atomic E-state index is 0.0840. The number of phenols is 2. The highest BCUT2D eigenvalue weighted by molar-refractivity contribution is 6.00. The fraction of sp³-hybridized carbons (Fsp3) is 0.158. The van der Waals surface area contributed by atoms with Crippen molar-refractivity contribution in [3.05, 3.63) is 59.7 Å². The number of carbonyl (C=O) groups is 2. The molecular formula is C19H20N4O4. The van der Waals surface area contributed by atoms with Gasteiger partial charge in [0, 0.05) is 0 Å². The zero-order valence-electron chi connectivity index (χ0n) is 14.7. The van der Waals surface area contributed by atoms with Crippen molar-refractivity contribution >= 4 is 24.2 Å². The molecule has 0 bridgehead atoms. The van der Waals surface area contributed by atoms with E-state index in [0.717, 1.165) is 0 Å². The van der Waals surface area contributed by atoms with Gasteiger partial charge < -0.3 is 10.2 Å². The van der Waals surface area contributed by atoms with Crippen LogP contribution >= 0.6 is 0 Å². The number of nitrogens with one attached hydrogen (secondary N) is 2. The Morgan fingerprint density at radius 3 is 1.74 bits per heavy atom. The number of hydrogen-bond donors (Lipinski definition) is 4. The van der Waals surface area contributed by atoms with Crippen LogP contribution in [-0.2, 0) is 9.59 Å². The Kier molecular flexibility index (Phi) is 7.07. The van der Waals surface area contributed by atoms with Gasteiger partial charge in [-0.3, -0.25) is 9.59 Å². The average molecular weight is 368 g/mol. The van der Waals surface area contributed by atoms with Gasteiger partial charge in [-0.25, -0.2) is 10.9 Å². The van der Waals surface area contributed by atoms with Crippen LogP contribution in [0.5, 0.6) is 11.5 Å². The predicted molar refractivity (Wildman–Crippen MR) is 101 cm³/mol. The van der Waals surface area contributed by atoms with Crippen LogP contribution in [0.3, 0.4) is 0 Å². The molecule has 0 unspecified atom stereocenters. The zero-order valence-corrected chi connectivity index (χ0v) is 14.7. The summed E-state index contributed by atoms with van der Waals surface area (Å²) >= 11 is 0. The highest BCUT2D eigenvalue weighted by Gasteiger charge is 2.24. The summed E-state index contributed by atoms with van der Waals surface area (Å²) in [5, 5.41) is 26.3. The summed E-state index contributed by atoms with van der Waals surface area (Å²) in [6.45, 7) is 1.70. The number of aromatic hydroxyl groups is 2. The zero-order chi connectivity index (χ0) is 19.6. The molecule has 0 saturated heterocycles. The molecule has 0 aliphatic rings. The normalized spacial score (nSPS) is 11.2. The Hall–Kier alpha value is -3.68. The van der Waals surface area contributed by atoms with E-state index in [0.29, 0.717) is 11.1 Å². The minimum Gasteiger partial charge on any atom is -0.508 e. The summed E-state index contributed by atoms with van der Waals surface area (Å²) < 4.78 is 0. The van der Waals surface area contributed by atoms with Gasteiger partial charge in [0.1, 0.15) is 17.4 Å². The van der Waals surface area contributed by atoms with Crippen LogP contribution < -0.4 is 10.9 Å². The first-order chi connectivity index (χ1) is 13.0. The summed E-state index contributed by atoms with van der Waals surface area (Å²) in [5.74, 6) is -1.94. The van der Waals surface area contributed by atoms with Crippen LogP contribution in [0.4, 0.5) is 0 Å². The van der Waals surface area contributed by atoms with E-state index in [1.165, 1.54) is 36.7 Å². The van der Waals surface area contributed by atoms with Crippen LogP contribution in [0.15, 0.2) is 58.7 Å². The first-order valence-corrected chi connectivity index (χ1v) is 8.23. The standard InChI is InChI=1S/C19H20N4O4/c1-2-17(18(26)22-20-11-13-5-3-7-15(24)9-13)19(27)23-21-12-14-6-4-8-16(25)10-14/h3-12,17,24-25H,2H2,1H3,(H,22,26)(H,23,27)/b20-11-,21-12-. The van der Waals surface area contributed by atoms with Gasteiger partial charge in [0.2, 0.25) is 0 Å². The highest BCUT2D eigenvalue weighted by atomic mass is 16.3. The first-order valence-electron chi connectivity index (χ1n) is 8.23. The fourth-order valence-electron chi connectivity index (χ4n) is 2.20. The van der Waals surface area contributed by atoms with Crippen molar-refractivity contribution in [1.82, 2.24) is 10.9 Å². The van der Waals surface area contributed by atoms with Crippen molar-refractivity contribution in [1.29, 1.82) is 0 Å². The second-order valence-corrected chi connectivity index (χ2v) is 5.62. The molecule has 0 aliphatic carbocycles. The van der Waals surface area contributed by atoms with Gasteiger partial charge in [-0.05, 0) is 41.8 Å². The third-order valence-corrected chi connectivity index (χ3v) is 3.56. The summed E-state index contributed by atoms with van der Waals surface area (Å²) in [4.78, 5) is 24.3. The molecule has 2 aromatic carbocycles.